The Bertz CT molecular complexity index is 262. The molecule has 1 aromatic rings. The SMILES string of the molecule is C#CCc1ccncc1Cl. The van der Waals surface area contributed by atoms with E-state index in [9.17, 15) is 0 Å². The van der Waals surface area contributed by atoms with Gasteiger partial charge in [-0.25, -0.2) is 0 Å². The molecule has 0 N–H and O–H groups in total. The van der Waals surface area contributed by atoms with Crippen LogP contribution in [0.1, 0.15) is 5.56 Å². The molecule has 0 bridgehead atoms. The van der Waals surface area contributed by atoms with Crippen molar-refractivity contribution in [3.05, 3.63) is 29.0 Å². The van der Waals surface area contributed by atoms with Crippen molar-refractivity contribution in [3.8, 4) is 12.3 Å². The van der Waals surface area contributed by atoms with Crippen molar-refractivity contribution in [2.75, 3.05) is 0 Å². The molecule has 0 unspecified atom stereocenters. The normalized spacial score (nSPS) is 8.80. The molecule has 0 aliphatic heterocycles. The molecule has 0 amide bonds. The Morgan fingerprint density at radius 3 is 3.10 bits per heavy atom. The first-order chi connectivity index (χ1) is 4.84. The summed E-state index contributed by atoms with van der Waals surface area (Å²) in [6.45, 7) is 0. The molecule has 1 aromatic heterocycles. The summed E-state index contributed by atoms with van der Waals surface area (Å²) in [5, 5.41) is 0.639. The maximum absolute atomic E-state index is 5.74. The zero-order chi connectivity index (χ0) is 7.40. The minimum Gasteiger partial charge on any atom is -0.263 e. The Morgan fingerprint density at radius 1 is 1.70 bits per heavy atom. The van der Waals surface area contributed by atoms with E-state index in [0.717, 1.165) is 5.56 Å². The van der Waals surface area contributed by atoms with Crippen LogP contribution >= 0.6 is 11.6 Å². The van der Waals surface area contributed by atoms with E-state index < -0.39 is 0 Å². The van der Waals surface area contributed by atoms with E-state index in [1.807, 2.05) is 6.07 Å². The number of nitrogens with zero attached hydrogens (tertiary/aromatic N) is 1. The van der Waals surface area contributed by atoms with E-state index in [0.29, 0.717) is 11.4 Å². The summed E-state index contributed by atoms with van der Waals surface area (Å²) in [4.78, 5) is 3.83. The lowest BCUT2D eigenvalue weighted by Gasteiger charge is -1.95. The van der Waals surface area contributed by atoms with Crippen molar-refractivity contribution in [1.82, 2.24) is 4.98 Å². The molecule has 0 aromatic carbocycles. The van der Waals surface area contributed by atoms with E-state index in [4.69, 9.17) is 18.0 Å². The van der Waals surface area contributed by atoms with Gasteiger partial charge < -0.3 is 0 Å². The van der Waals surface area contributed by atoms with Crippen LogP contribution in [-0.2, 0) is 6.42 Å². The van der Waals surface area contributed by atoms with Crippen LogP contribution < -0.4 is 0 Å². The van der Waals surface area contributed by atoms with Crippen LogP contribution in [0.2, 0.25) is 5.02 Å². The van der Waals surface area contributed by atoms with Gasteiger partial charge in [0.15, 0.2) is 0 Å². The van der Waals surface area contributed by atoms with E-state index in [-0.39, 0.29) is 0 Å². The molecule has 1 heterocycles. The largest absolute Gasteiger partial charge is 0.263 e. The van der Waals surface area contributed by atoms with Gasteiger partial charge in [-0.1, -0.05) is 11.6 Å². The highest BCUT2D eigenvalue weighted by Gasteiger charge is 1.94. The van der Waals surface area contributed by atoms with Gasteiger partial charge in [-0.15, -0.1) is 12.3 Å². The first kappa shape index (κ1) is 7.11. The average molecular weight is 152 g/mol. The molecule has 0 atom stereocenters. The second-order valence-corrected chi connectivity index (χ2v) is 2.26. The number of halogens is 1. The van der Waals surface area contributed by atoms with Gasteiger partial charge in [-0.05, 0) is 11.6 Å². The lowest BCUT2D eigenvalue weighted by atomic mass is 10.2. The molecule has 0 saturated heterocycles. The quantitative estimate of drug-likeness (QED) is 0.559. The van der Waals surface area contributed by atoms with Crippen molar-refractivity contribution in [3.63, 3.8) is 0 Å². The van der Waals surface area contributed by atoms with Gasteiger partial charge in [0.2, 0.25) is 0 Å². The Kier molecular flexibility index (Phi) is 2.30. The molecule has 10 heavy (non-hydrogen) atoms. The smallest absolute Gasteiger partial charge is 0.0630 e. The Hall–Kier alpha value is -1.00. The van der Waals surface area contributed by atoms with Gasteiger partial charge in [-0.2, -0.15) is 0 Å². The molecule has 0 saturated carbocycles. The first-order valence-corrected chi connectivity index (χ1v) is 3.24. The van der Waals surface area contributed by atoms with E-state index in [1.54, 1.807) is 12.4 Å². The first-order valence-electron chi connectivity index (χ1n) is 2.86. The summed E-state index contributed by atoms with van der Waals surface area (Å²) in [6, 6.07) is 1.82. The molecular formula is C8H6ClN. The summed E-state index contributed by atoms with van der Waals surface area (Å²) in [6.07, 6.45) is 8.94. The van der Waals surface area contributed by atoms with Crippen LogP contribution in [0.5, 0.6) is 0 Å². The van der Waals surface area contributed by atoms with Crippen LogP contribution in [-0.4, -0.2) is 4.98 Å². The van der Waals surface area contributed by atoms with Crippen LogP contribution in [0.15, 0.2) is 18.5 Å². The topological polar surface area (TPSA) is 12.9 Å². The number of pyridine rings is 1. The highest BCUT2D eigenvalue weighted by molar-refractivity contribution is 6.31. The van der Waals surface area contributed by atoms with Gasteiger partial charge in [-0.3, -0.25) is 4.98 Å². The molecule has 1 nitrogen and oxygen atoms in total. The molecule has 0 aliphatic carbocycles. The van der Waals surface area contributed by atoms with Crippen LogP contribution in [0.4, 0.5) is 0 Å². The second-order valence-electron chi connectivity index (χ2n) is 1.85. The predicted molar refractivity (Wildman–Crippen MR) is 41.8 cm³/mol. The van der Waals surface area contributed by atoms with E-state index >= 15 is 0 Å². The third-order valence-corrected chi connectivity index (χ3v) is 1.49. The lowest BCUT2D eigenvalue weighted by Crippen LogP contribution is -1.83. The zero-order valence-corrected chi connectivity index (χ0v) is 6.10. The monoisotopic (exact) mass is 151 g/mol. The molecule has 0 spiro atoms. The van der Waals surface area contributed by atoms with Gasteiger partial charge in [0.05, 0.1) is 5.02 Å². The molecule has 1 rings (SSSR count). The average Bonchev–Trinajstić information content (AvgIpc) is 1.94. The summed E-state index contributed by atoms with van der Waals surface area (Å²) in [7, 11) is 0. The van der Waals surface area contributed by atoms with Gasteiger partial charge in [0.25, 0.3) is 0 Å². The second kappa shape index (κ2) is 3.24. The Morgan fingerprint density at radius 2 is 2.50 bits per heavy atom. The summed E-state index contributed by atoms with van der Waals surface area (Å²) in [5.41, 5.74) is 0.958. The number of hydrogen-bond acceptors (Lipinski definition) is 1. The van der Waals surface area contributed by atoms with Gasteiger partial charge in [0.1, 0.15) is 0 Å². The van der Waals surface area contributed by atoms with E-state index in [2.05, 4.69) is 10.9 Å². The highest BCUT2D eigenvalue weighted by atomic mass is 35.5. The number of hydrogen-bond donors (Lipinski definition) is 0. The fourth-order valence-corrected chi connectivity index (χ4v) is 0.843. The van der Waals surface area contributed by atoms with Crippen LogP contribution in [0.3, 0.4) is 0 Å². The lowest BCUT2D eigenvalue weighted by molar-refractivity contribution is 1.24. The molecule has 0 fully saturated rings. The number of rotatable bonds is 1. The minimum atomic E-state index is 0.571. The predicted octanol–water partition coefficient (Wildman–Crippen LogP) is 1.91. The fraction of sp³-hybridized carbons (Fsp3) is 0.125. The van der Waals surface area contributed by atoms with Crippen LogP contribution in [0.25, 0.3) is 0 Å². The summed E-state index contributed by atoms with van der Waals surface area (Å²) >= 11 is 5.74. The Balaban J connectivity index is 2.94. The molecule has 0 aliphatic rings. The van der Waals surface area contributed by atoms with Gasteiger partial charge >= 0.3 is 0 Å². The number of aromatic nitrogens is 1. The molecule has 2 heteroatoms. The van der Waals surface area contributed by atoms with Crippen LogP contribution in [0, 0.1) is 12.3 Å². The van der Waals surface area contributed by atoms with Crippen molar-refractivity contribution in [1.29, 1.82) is 0 Å². The van der Waals surface area contributed by atoms with Crippen molar-refractivity contribution in [2.45, 2.75) is 6.42 Å². The zero-order valence-electron chi connectivity index (χ0n) is 5.34. The van der Waals surface area contributed by atoms with Gasteiger partial charge in [0, 0.05) is 18.8 Å². The van der Waals surface area contributed by atoms with Crippen molar-refractivity contribution >= 4 is 11.6 Å². The van der Waals surface area contributed by atoms with Crippen molar-refractivity contribution in [2.24, 2.45) is 0 Å². The Labute approximate surface area is 65.0 Å². The number of terminal acetylenes is 1. The molecule has 50 valence electrons. The standard InChI is InChI=1S/C8H6ClN/c1-2-3-7-4-5-10-6-8(7)9/h1,4-6H,3H2. The minimum absolute atomic E-state index is 0.571. The maximum Gasteiger partial charge on any atom is 0.0630 e. The highest BCUT2D eigenvalue weighted by Crippen LogP contribution is 2.12. The third kappa shape index (κ3) is 1.49. The fourth-order valence-electron chi connectivity index (χ4n) is 0.657. The summed E-state index contributed by atoms with van der Waals surface area (Å²) < 4.78 is 0. The van der Waals surface area contributed by atoms with E-state index in [1.165, 1.54) is 0 Å². The maximum atomic E-state index is 5.74. The third-order valence-electron chi connectivity index (χ3n) is 1.15. The summed E-state index contributed by atoms with van der Waals surface area (Å²) in [5.74, 6) is 2.51. The van der Waals surface area contributed by atoms with Crippen molar-refractivity contribution < 1.29 is 0 Å². The molecular weight excluding hydrogens is 146 g/mol. The molecule has 0 radical (unpaired) electrons.